The molecule has 1 heterocycles. The third-order valence-electron chi connectivity index (χ3n) is 3.16. The molecule has 0 saturated carbocycles. The van der Waals surface area contributed by atoms with Crippen LogP contribution in [0, 0.1) is 10.1 Å². The van der Waals surface area contributed by atoms with Crippen LogP contribution in [0.2, 0.25) is 0 Å². The fraction of sp³-hybridized carbons (Fsp3) is 0.333. The summed E-state index contributed by atoms with van der Waals surface area (Å²) in [5.74, 6) is -0.245. The van der Waals surface area contributed by atoms with Crippen LogP contribution in [0.4, 0.5) is 10.5 Å². The fourth-order valence-electron chi connectivity index (χ4n) is 2.01. The van der Waals surface area contributed by atoms with Crippen LogP contribution in [-0.4, -0.2) is 58.0 Å². The molecule has 1 saturated heterocycles. The van der Waals surface area contributed by atoms with E-state index in [2.05, 4.69) is 0 Å². The van der Waals surface area contributed by atoms with Crippen LogP contribution in [0.1, 0.15) is 10.4 Å². The van der Waals surface area contributed by atoms with Crippen molar-refractivity contribution >= 4 is 17.7 Å². The first kappa shape index (κ1) is 13.8. The number of nitro groups is 1. The smallest absolute Gasteiger partial charge is 0.407 e. The lowest BCUT2D eigenvalue weighted by Crippen LogP contribution is -2.50. The van der Waals surface area contributed by atoms with Crippen molar-refractivity contribution in [3.8, 4) is 0 Å². The number of benzene rings is 1. The number of rotatable bonds is 2. The summed E-state index contributed by atoms with van der Waals surface area (Å²) in [4.78, 5) is 35.7. The number of hydrogen-bond acceptors (Lipinski definition) is 4. The van der Waals surface area contributed by atoms with Gasteiger partial charge in [0.25, 0.3) is 11.6 Å². The number of nitro benzene ring substituents is 1. The minimum absolute atomic E-state index is 0.0720. The van der Waals surface area contributed by atoms with Crippen LogP contribution >= 0.6 is 0 Å². The van der Waals surface area contributed by atoms with Crippen LogP contribution < -0.4 is 0 Å². The number of non-ortho nitro benzene ring substituents is 1. The molecule has 0 radical (unpaired) electrons. The third-order valence-corrected chi connectivity index (χ3v) is 3.16. The number of carbonyl (C=O) groups excluding carboxylic acids is 1. The molecule has 0 aromatic heterocycles. The maximum atomic E-state index is 12.1. The summed E-state index contributed by atoms with van der Waals surface area (Å²) in [6.07, 6.45) is -0.993. The predicted octanol–water partition coefficient (Wildman–Crippen LogP) is 1.03. The van der Waals surface area contributed by atoms with E-state index in [-0.39, 0.29) is 24.7 Å². The minimum Gasteiger partial charge on any atom is -0.465 e. The van der Waals surface area contributed by atoms with Crippen molar-refractivity contribution in [1.29, 1.82) is 0 Å². The maximum absolute atomic E-state index is 12.1. The van der Waals surface area contributed by atoms with Gasteiger partial charge in [-0.1, -0.05) is 0 Å². The fourth-order valence-corrected chi connectivity index (χ4v) is 2.01. The van der Waals surface area contributed by atoms with E-state index < -0.39 is 11.0 Å². The van der Waals surface area contributed by atoms with Gasteiger partial charge in [-0.3, -0.25) is 14.9 Å². The molecular weight excluding hydrogens is 266 g/mol. The van der Waals surface area contributed by atoms with Crippen molar-refractivity contribution in [2.45, 2.75) is 0 Å². The lowest BCUT2D eigenvalue weighted by molar-refractivity contribution is -0.384. The summed E-state index contributed by atoms with van der Waals surface area (Å²) in [6.45, 7) is 1.19. The molecule has 0 spiro atoms. The zero-order chi connectivity index (χ0) is 14.7. The second-order valence-corrected chi connectivity index (χ2v) is 4.37. The molecule has 20 heavy (non-hydrogen) atoms. The molecule has 2 rings (SSSR count). The Morgan fingerprint density at radius 1 is 1.05 bits per heavy atom. The third kappa shape index (κ3) is 2.85. The molecular formula is C12H13N3O5. The number of carbonyl (C=O) groups is 2. The predicted molar refractivity (Wildman–Crippen MR) is 68.6 cm³/mol. The zero-order valence-electron chi connectivity index (χ0n) is 10.6. The SMILES string of the molecule is O=C(O)N1CCN(C(=O)c2ccc([N+](=O)[O-])cc2)CC1. The Hall–Kier alpha value is -2.64. The number of piperazine rings is 1. The molecule has 0 unspecified atom stereocenters. The van der Waals surface area contributed by atoms with Crippen molar-refractivity contribution in [3.05, 3.63) is 39.9 Å². The van der Waals surface area contributed by atoms with Crippen molar-refractivity contribution in [2.75, 3.05) is 26.2 Å². The summed E-state index contributed by atoms with van der Waals surface area (Å²) in [5, 5.41) is 19.4. The standard InChI is InChI=1S/C12H13N3O5/c16-11(9-1-3-10(4-2-9)15(19)20)13-5-7-14(8-6-13)12(17)18/h1-4H,5-8H2,(H,17,18). The Morgan fingerprint density at radius 2 is 1.55 bits per heavy atom. The Kier molecular flexibility index (Phi) is 3.83. The number of hydrogen-bond donors (Lipinski definition) is 1. The summed E-state index contributed by atoms with van der Waals surface area (Å²) < 4.78 is 0. The summed E-state index contributed by atoms with van der Waals surface area (Å²) in [6, 6.07) is 5.37. The number of nitrogens with zero attached hydrogens (tertiary/aromatic N) is 3. The van der Waals surface area contributed by atoms with Gasteiger partial charge < -0.3 is 14.9 Å². The van der Waals surface area contributed by atoms with Crippen LogP contribution in [-0.2, 0) is 0 Å². The first-order valence-electron chi connectivity index (χ1n) is 6.00. The molecule has 1 aliphatic rings. The summed E-state index contributed by atoms with van der Waals surface area (Å²) >= 11 is 0. The largest absolute Gasteiger partial charge is 0.465 e. The molecule has 2 amide bonds. The van der Waals surface area contributed by atoms with Crippen LogP contribution in [0.3, 0.4) is 0 Å². The monoisotopic (exact) mass is 279 g/mol. The van der Waals surface area contributed by atoms with Gasteiger partial charge in [-0.15, -0.1) is 0 Å². The van der Waals surface area contributed by atoms with Crippen LogP contribution in [0.25, 0.3) is 0 Å². The molecule has 1 aliphatic heterocycles. The summed E-state index contributed by atoms with van der Waals surface area (Å²) in [5.41, 5.74) is 0.289. The molecule has 8 nitrogen and oxygen atoms in total. The molecule has 1 N–H and O–H groups in total. The van der Waals surface area contributed by atoms with Crippen molar-refractivity contribution in [3.63, 3.8) is 0 Å². The highest BCUT2D eigenvalue weighted by Gasteiger charge is 2.24. The van der Waals surface area contributed by atoms with Gasteiger partial charge in [-0.2, -0.15) is 0 Å². The van der Waals surface area contributed by atoms with Crippen molar-refractivity contribution < 1.29 is 19.6 Å². The highest BCUT2D eigenvalue weighted by Crippen LogP contribution is 2.14. The Bertz CT molecular complexity index is 535. The average Bonchev–Trinajstić information content (AvgIpc) is 2.46. The van der Waals surface area contributed by atoms with E-state index in [1.807, 2.05) is 0 Å². The van der Waals surface area contributed by atoms with Gasteiger partial charge in [0, 0.05) is 43.9 Å². The van der Waals surface area contributed by atoms with Crippen LogP contribution in [0.5, 0.6) is 0 Å². The second-order valence-electron chi connectivity index (χ2n) is 4.37. The lowest BCUT2D eigenvalue weighted by atomic mass is 10.1. The maximum Gasteiger partial charge on any atom is 0.407 e. The number of amides is 2. The first-order valence-corrected chi connectivity index (χ1v) is 6.00. The van der Waals surface area contributed by atoms with E-state index in [1.165, 1.54) is 29.2 Å². The van der Waals surface area contributed by atoms with Gasteiger partial charge in [0.1, 0.15) is 0 Å². The van der Waals surface area contributed by atoms with Gasteiger partial charge in [-0.25, -0.2) is 4.79 Å². The van der Waals surface area contributed by atoms with E-state index in [1.54, 1.807) is 4.90 Å². The van der Waals surface area contributed by atoms with E-state index in [0.29, 0.717) is 18.7 Å². The highest BCUT2D eigenvalue weighted by molar-refractivity contribution is 5.94. The van der Waals surface area contributed by atoms with E-state index in [0.717, 1.165) is 0 Å². The Labute approximate surface area is 114 Å². The van der Waals surface area contributed by atoms with E-state index in [4.69, 9.17) is 5.11 Å². The molecule has 0 bridgehead atoms. The molecule has 1 aromatic rings. The Morgan fingerprint density at radius 3 is 2.00 bits per heavy atom. The topological polar surface area (TPSA) is 104 Å². The highest BCUT2D eigenvalue weighted by atomic mass is 16.6. The number of carboxylic acid groups (broad SMARTS) is 1. The molecule has 1 fully saturated rings. The Balaban J connectivity index is 2.01. The van der Waals surface area contributed by atoms with E-state index >= 15 is 0 Å². The lowest BCUT2D eigenvalue weighted by Gasteiger charge is -2.33. The van der Waals surface area contributed by atoms with E-state index in [9.17, 15) is 19.7 Å². The van der Waals surface area contributed by atoms with Crippen LogP contribution in [0.15, 0.2) is 24.3 Å². The van der Waals surface area contributed by atoms with Crippen molar-refractivity contribution in [1.82, 2.24) is 9.80 Å². The minimum atomic E-state index is -0.993. The molecule has 0 atom stereocenters. The first-order chi connectivity index (χ1) is 9.49. The zero-order valence-corrected chi connectivity index (χ0v) is 10.6. The van der Waals surface area contributed by atoms with Gasteiger partial charge in [0.05, 0.1) is 4.92 Å². The molecule has 1 aromatic carbocycles. The molecule has 0 aliphatic carbocycles. The normalized spacial score (nSPS) is 15.0. The van der Waals surface area contributed by atoms with Gasteiger partial charge in [0.2, 0.25) is 0 Å². The van der Waals surface area contributed by atoms with Gasteiger partial charge in [0.15, 0.2) is 0 Å². The van der Waals surface area contributed by atoms with Crippen molar-refractivity contribution in [2.24, 2.45) is 0 Å². The second kappa shape index (κ2) is 5.55. The molecule has 106 valence electrons. The summed E-state index contributed by atoms with van der Waals surface area (Å²) in [7, 11) is 0. The average molecular weight is 279 g/mol. The van der Waals surface area contributed by atoms with Gasteiger partial charge in [-0.05, 0) is 12.1 Å². The van der Waals surface area contributed by atoms with Gasteiger partial charge >= 0.3 is 6.09 Å². The quantitative estimate of drug-likeness (QED) is 0.643. The molecule has 8 heteroatoms.